The van der Waals surface area contributed by atoms with Crippen molar-refractivity contribution < 1.29 is 0 Å². The molecule has 0 N–H and O–H groups in total. The summed E-state index contributed by atoms with van der Waals surface area (Å²) < 4.78 is 0. The average Bonchev–Trinajstić information content (AvgIpc) is 3.31. The van der Waals surface area contributed by atoms with E-state index in [1.165, 1.54) is 16.3 Å². The van der Waals surface area contributed by atoms with Crippen LogP contribution in [0.1, 0.15) is 5.56 Å². The van der Waals surface area contributed by atoms with Gasteiger partial charge in [-0.25, -0.2) is 15.0 Å². The lowest BCUT2D eigenvalue weighted by atomic mass is 9.92. The molecule has 10 aromatic rings. The molecule has 0 amide bonds. The topological polar surface area (TPSA) is 62.5 Å². The van der Waals surface area contributed by atoms with Crippen LogP contribution >= 0.6 is 0 Å². The van der Waals surface area contributed by atoms with Gasteiger partial charge in [-0.2, -0.15) is 5.26 Å². The van der Waals surface area contributed by atoms with Gasteiger partial charge >= 0.3 is 0 Å². The summed E-state index contributed by atoms with van der Waals surface area (Å²) in [5, 5.41) is 14.7. The minimum absolute atomic E-state index is 0.619. The lowest BCUT2D eigenvalue weighted by molar-refractivity contribution is 1.07. The largest absolute Gasteiger partial charge is 0.208 e. The second kappa shape index (κ2) is 14.9. The van der Waals surface area contributed by atoms with Crippen LogP contribution in [-0.4, -0.2) is 15.0 Å². The zero-order chi connectivity index (χ0) is 38.8. The second-order valence-electron chi connectivity index (χ2n) is 14.4. The first-order chi connectivity index (χ1) is 28.6. The van der Waals surface area contributed by atoms with Crippen molar-refractivity contribution in [1.29, 1.82) is 5.26 Å². The van der Waals surface area contributed by atoms with Crippen LogP contribution in [0.2, 0.25) is 0 Å². The van der Waals surface area contributed by atoms with E-state index < -0.39 is 0 Å². The molecule has 0 saturated carbocycles. The molecule has 0 fully saturated rings. The van der Waals surface area contributed by atoms with Gasteiger partial charge in [0.05, 0.1) is 11.6 Å². The molecule has 4 nitrogen and oxygen atoms in total. The van der Waals surface area contributed by atoms with Gasteiger partial charge in [0.25, 0.3) is 0 Å². The molecule has 58 heavy (non-hydrogen) atoms. The molecule has 0 aliphatic carbocycles. The zero-order valence-electron chi connectivity index (χ0n) is 31.4. The first-order valence-corrected chi connectivity index (χ1v) is 19.3. The van der Waals surface area contributed by atoms with E-state index >= 15 is 0 Å². The van der Waals surface area contributed by atoms with Gasteiger partial charge in [0, 0.05) is 16.7 Å². The predicted octanol–water partition coefficient (Wildman–Crippen LogP) is 13.7. The Balaban J connectivity index is 0.981. The Kier molecular flexibility index (Phi) is 8.87. The maximum Gasteiger partial charge on any atom is 0.164 e. The van der Waals surface area contributed by atoms with E-state index in [1.54, 1.807) is 0 Å². The van der Waals surface area contributed by atoms with E-state index in [0.717, 1.165) is 66.4 Å². The molecule has 1 heterocycles. The van der Waals surface area contributed by atoms with Crippen LogP contribution in [0, 0.1) is 11.3 Å². The highest BCUT2D eigenvalue weighted by molar-refractivity contribution is 5.98. The second-order valence-corrected chi connectivity index (χ2v) is 14.4. The number of benzene rings is 9. The van der Waals surface area contributed by atoms with Gasteiger partial charge in [-0.05, 0) is 96.4 Å². The Bertz CT molecular complexity index is 3140. The number of aromatic nitrogens is 3. The van der Waals surface area contributed by atoms with E-state index in [9.17, 15) is 5.26 Å². The molecule has 0 bridgehead atoms. The summed E-state index contributed by atoms with van der Waals surface area (Å²) in [5.41, 5.74) is 12.1. The van der Waals surface area contributed by atoms with Crippen molar-refractivity contribution in [1.82, 2.24) is 15.0 Å². The van der Waals surface area contributed by atoms with Gasteiger partial charge in [-0.1, -0.05) is 176 Å². The summed E-state index contributed by atoms with van der Waals surface area (Å²) in [7, 11) is 0. The minimum atomic E-state index is 0.619. The molecule has 4 heteroatoms. The Labute approximate surface area is 337 Å². The summed E-state index contributed by atoms with van der Waals surface area (Å²) in [4.78, 5) is 14.9. The normalized spacial score (nSPS) is 11.1. The summed E-state index contributed by atoms with van der Waals surface area (Å²) in [6, 6.07) is 73.6. The minimum Gasteiger partial charge on any atom is -0.208 e. The summed E-state index contributed by atoms with van der Waals surface area (Å²) >= 11 is 0. The monoisotopic (exact) mass is 738 g/mol. The molecular formula is C54H34N4. The van der Waals surface area contributed by atoms with Gasteiger partial charge in [0.15, 0.2) is 17.5 Å². The quantitative estimate of drug-likeness (QED) is 0.163. The number of hydrogen-bond acceptors (Lipinski definition) is 4. The molecular weight excluding hydrogens is 705 g/mol. The van der Waals surface area contributed by atoms with Crippen LogP contribution in [0.5, 0.6) is 0 Å². The molecule has 0 atom stereocenters. The fourth-order valence-corrected chi connectivity index (χ4v) is 7.70. The Morgan fingerprint density at radius 2 is 0.741 bits per heavy atom. The number of fused-ring (bicyclic) bond motifs is 2. The molecule has 10 rings (SSSR count). The van der Waals surface area contributed by atoms with Crippen molar-refractivity contribution >= 4 is 21.5 Å². The lowest BCUT2D eigenvalue weighted by Crippen LogP contribution is -2.00. The maximum absolute atomic E-state index is 10.0. The fraction of sp³-hybridized carbons (Fsp3) is 0. The number of rotatable bonds is 7. The van der Waals surface area contributed by atoms with Crippen LogP contribution in [0.25, 0.3) is 100 Å². The van der Waals surface area contributed by atoms with E-state index in [4.69, 9.17) is 15.0 Å². The van der Waals surface area contributed by atoms with Crippen LogP contribution in [0.4, 0.5) is 0 Å². The van der Waals surface area contributed by atoms with Crippen LogP contribution in [0.15, 0.2) is 206 Å². The van der Waals surface area contributed by atoms with Gasteiger partial charge in [-0.3, -0.25) is 0 Å². The summed E-state index contributed by atoms with van der Waals surface area (Å²) in [6.07, 6.45) is 0. The van der Waals surface area contributed by atoms with Crippen molar-refractivity contribution in [3.05, 3.63) is 212 Å². The zero-order valence-corrected chi connectivity index (χ0v) is 31.4. The number of hydrogen-bond donors (Lipinski definition) is 0. The van der Waals surface area contributed by atoms with Gasteiger partial charge in [0.1, 0.15) is 0 Å². The maximum atomic E-state index is 10.0. The van der Waals surface area contributed by atoms with Crippen molar-refractivity contribution in [3.8, 4) is 84.7 Å². The third-order valence-corrected chi connectivity index (χ3v) is 10.7. The fourth-order valence-electron chi connectivity index (χ4n) is 7.70. The van der Waals surface area contributed by atoms with Crippen LogP contribution in [-0.2, 0) is 0 Å². The Morgan fingerprint density at radius 1 is 0.293 bits per heavy atom. The molecule has 0 aliphatic heterocycles. The van der Waals surface area contributed by atoms with Gasteiger partial charge in [0.2, 0.25) is 0 Å². The van der Waals surface area contributed by atoms with E-state index in [2.05, 4.69) is 164 Å². The molecule has 0 spiro atoms. The SMILES string of the molecule is N#Cc1cc(-c2ccc3ccc(-c4ccc(-c5nc(-c6ccccc6)nc(-c6ccc(-c7ccccc7)cc6)n5)cc4)cc3c2)cc(-c2cccc3ccccc23)c1. The summed E-state index contributed by atoms with van der Waals surface area (Å²) in [6.45, 7) is 0. The van der Waals surface area contributed by atoms with Crippen LogP contribution < -0.4 is 0 Å². The molecule has 0 aliphatic rings. The van der Waals surface area contributed by atoms with Crippen molar-refractivity contribution in [2.24, 2.45) is 0 Å². The molecule has 0 saturated heterocycles. The number of nitrogens with zero attached hydrogens (tertiary/aromatic N) is 4. The van der Waals surface area contributed by atoms with Crippen molar-refractivity contribution in [3.63, 3.8) is 0 Å². The molecule has 1 aromatic heterocycles. The van der Waals surface area contributed by atoms with Crippen molar-refractivity contribution in [2.75, 3.05) is 0 Å². The standard InChI is InChI=1S/C54H34N4/c55-35-36-30-47(34-49(31-36)51-17-9-15-41-12-7-8-16-50(41)51)46-29-23-40-22-28-45(32-48(40)33-46)39-20-26-44(27-21-39)54-57-52(42-13-5-2-6-14-42)56-53(58-54)43-24-18-38(19-25-43)37-10-3-1-4-11-37/h1-34H. The third kappa shape index (κ3) is 6.79. The average molecular weight is 739 g/mol. The summed E-state index contributed by atoms with van der Waals surface area (Å²) in [5.74, 6) is 1.88. The first-order valence-electron chi connectivity index (χ1n) is 19.3. The number of nitriles is 1. The molecule has 0 radical (unpaired) electrons. The Hall–Kier alpha value is -8.00. The third-order valence-electron chi connectivity index (χ3n) is 10.7. The Morgan fingerprint density at radius 3 is 1.36 bits per heavy atom. The molecule has 0 unspecified atom stereocenters. The molecule has 9 aromatic carbocycles. The van der Waals surface area contributed by atoms with Gasteiger partial charge in [-0.15, -0.1) is 0 Å². The molecule has 270 valence electrons. The highest BCUT2D eigenvalue weighted by Crippen LogP contribution is 2.35. The van der Waals surface area contributed by atoms with E-state index in [-0.39, 0.29) is 0 Å². The van der Waals surface area contributed by atoms with Gasteiger partial charge < -0.3 is 0 Å². The first kappa shape index (κ1) is 34.5. The highest BCUT2D eigenvalue weighted by Gasteiger charge is 2.14. The van der Waals surface area contributed by atoms with Crippen LogP contribution in [0.3, 0.4) is 0 Å². The van der Waals surface area contributed by atoms with Crippen molar-refractivity contribution in [2.45, 2.75) is 0 Å². The smallest absolute Gasteiger partial charge is 0.164 e. The predicted molar refractivity (Wildman–Crippen MR) is 238 cm³/mol. The lowest BCUT2D eigenvalue weighted by Gasteiger charge is -2.12. The van der Waals surface area contributed by atoms with E-state index in [1.807, 2.05) is 48.5 Å². The highest BCUT2D eigenvalue weighted by atomic mass is 15.0. The van der Waals surface area contributed by atoms with E-state index in [0.29, 0.717) is 23.0 Å².